The summed E-state index contributed by atoms with van der Waals surface area (Å²) < 4.78 is 5.68. The number of ketones is 1. The second-order valence-corrected chi connectivity index (χ2v) is 7.26. The Balaban J connectivity index is 1.73. The lowest BCUT2D eigenvalue weighted by Gasteiger charge is -2.22. The first-order valence-electron chi connectivity index (χ1n) is 8.85. The van der Waals surface area contributed by atoms with Gasteiger partial charge in [0.1, 0.15) is 11.5 Å². The molecule has 1 atom stereocenters. The van der Waals surface area contributed by atoms with E-state index in [1.54, 1.807) is 41.3 Å². The summed E-state index contributed by atoms with van der Waals surface area (Å²) in [4.78, 5) is 26.1. The number of ether oxygens (including phenoxy) is 1. The predicted molar refractivity (Wildman–Crippen MR) is 104 cm³/mol. The van der Waals surface area contributed by atoms with Crippen molar-refractivity contribution in [2.75, 3.05) is 18.1 Å². The van der Waals surface area contributed by atoms with Gasteiger partial charge in [0.25, 0.3) is 5.91 Å². The molecule has 27 heavy (non-hydrogen) atoms. The summed E-state index contributed by atoms with van der Waals surface area (Å²) in [6.07, 6.45) is 0.359. The van der Waals surface area contributed by atoms with E-state index >= 15 is 0 Å². The second-order valence-electron chi connectivity index (χ2n) is 6.82. The normalized spacial score (nSPS) is 18.5. The van der Waals surface area contributed by atoms with Gasteiger partial charge in [0.2, 0.25) is 0 Å². The number of halogens is 1. The van der Waals surface area contributed by atoms with Gasteiger partial charge in [-0.05, 0) is 50.1 Å². The lowest BCUT2D eigenvalue weighted by molar-refractivity contribution is -0.141. The lowest BCUT2D eigenvalue weighted by Crippen LogP contribution is -2.42. The van der Waals surface area contributed by atoms with Crippen molar-refractivity contribution in [2.24, 2.45) is 0 Å². The number of aliphatic hydroxyl groups is 1. The van der Waals surface area contributed by atoms with E-state index in [-0.39, 0.29) is 12.2 Å². The number of para-hydroxylation sites is 1. The summed E-state index contributed by atoms with van der Waals surface area (Å²) >= 11 is 5.85. The zero-order chi connectivity index (χ0) is 19.6. The average molecular weight is 388 g/mol. The van der Waals surface area contributed by atoms with Crippen LogP contribution in [-0.2, 0) is 15.2 Å². The third kappa shape index (κ3) is 3.84. The number of fused-ring (bicyclic) bond motifs is 1. The smallest absolute Gasteiger partial charge is 0.264 e. The zero-order valence-corrected chi connectivity index (χ0v) is 16.1. The average Bonchev–Trinajstić information content (AvgIpc) is 2.82. The second kappa shape index (κ2) is 7.71. The number of nitrogens with zero attached hydrogens (tertiary/aromatic N) is 1. The minimum absolute atomic E-state index is 0.222. The molecule has 1 heterocycles. The molecule has 0 spiro atoms. The maximum Gasteiger partial charge on any atom is 0.264 e. The Morgan fingerprint density at radius 2 is 1.93 bits per heavy atom. The molecule has 1 unspecified atom stereocenters. The third-order valence-corrected chi connectivity index (χ3v) is 4.92. The summed E-state index contributed by atoms with van der Waals surface area (Å²) in [5.41, 5.74) is 0.294. The van der Waals surface area contributed by atoms with Gasteiger partial charge in [-0.25, -0.2) is 0 Å². The van der Waals surface area contributed by atoms with E-state index in [0.29, 0.717) is 41.6 Å². The van der Waals surface area contributed by atoms with Crippen molar-refractivity contribution in [3.05, 3.63) is 58.6 Å². The van der Waals surface area contributed by atoms with Crippen LogP contribution >= 0.6 is 11.6 Å². The SMILES string of the molecule is CC(=O)CC1(O)C(=O)N(CCCOc2ccc(Cl)cc2)c2c(C)cccc21. The number of anilines is 1. The molecule has 0 saturated carbocycles. The largest absolute Gasteiger partial charge is 0.494 e. The van der Waals surface area contributed by atoms with Crippen LogP contribution in [0.4, 0.5) is 5.69 Å². The van der Waals surface area contributed by atoms with E-state index in [0.717, 1.165) is 5.56 Å². The number of hydrogen-bond donors (Lipinski definition) is 1. The molecule has 2 aromatic rings. The number of aryl methyl sites for hydroxylation is 1. The fourth-order valence-electron chi connectivity index (χ4n) is 3.48. The van der Waals surface area contributed by atoms with Crippen LogP contribution in [0, 0.1) is 6.92 Å². The van der Waals surface area contributed by atoms with E-state index < -0.39 is 11.5 Å². The van der Waals surface area contributed by atoms with Gasteiger partial charge >= 0.3 is 0 Å². The van der Waals surface area contributed by atoms with Crippen LogP contribution in [0.15, 0.2) is 42.5 Å². The molecule has 1 aliphatic rings. The Kier molecular flexibility index (Phi) is 5.53. The molecule has 0 fully saturated rings. The first-order valence-corrected chi connectivity index (χ1v) is 9.23. The van der Waals surface area contributed by atoms with E-state index in [9.17, 15) is 14.7 Å². The summed E-state index contributed by atoms with van der Waals surface area (Å²) in [5, 5.41) is 11.6. The van der Waals surface area contributed by atoms with Gasteiger partial charge in [-0.1, -0.05) is 29.8 Å². The van der Waals surface area contributed by atoms with E-state index in [1.165, 1.54) is 6.92 Å². The molecular weight excluding hydrogens is 366 g/mol. The monoisotopic (exact) mass is 387 g/mol. The molecule has 0 bridgehead atoms. The van der Waals surface area contributed by atoms with Crippen molar-refractivity contribution < 1.29 is 19.4 Å². The van der Waals surface area contributed by atoms with Crippen molar-refractivity contribution in [1.29, 1.82) is 0 Å². The van der Waals surface area contributed by atoms with Crippen molar-refractivity contribution in [3.8, 4) is 5.75 Å². The molecule has 5 nitrogen and oxygen atoms in total. The number of Topliss-reactive ketones (excluding diaryl/α,β-unsaturated/α-hetero) is 1. The maximum absolute atomic E-state index is 12.9. The number of benzene rings is 2. The minimum atomic E-state index is -1.79. The van der Waals surface area contributed by atoms with Crippen LogP contribution in [0.1, 0.15) is 30.9 Å². The van der Waals surface area contributed by atoms with Crippen molar-refractivity contribution in [2.45, 2.75) is 32.3 Å². The van der Waals surface area contributed by atoms with Crippen LogP contribution in [0.3, 0.4) is 0 Å². The highest BCUT2D eigenvalue weighted by molar-refractivity contribution is 6.30. The highest BCUT2D eigenvalue weighted by Crippen LogP contribution is 2.44. The van der Waals surface area contributed by atoms with Gasteiger partial charge in [0.05, 0.1) is 12.3 Å². The zero-order valence-electron chi connectivity index (χ0n) is 15.4. The Bertz CT molecular complexity index is 865. The Labute approximate surface area is 163 Å². The minimum Gasteiger partial charge on any atom is -0.494 e. The maximum atomic E-state index is 12.9. The summed E-state index contributed by atoms with van der Waals surface area (Å²) in [7, 11) is 0. The van der Waals surface area contributed by atoms with Crippen molar-refractivity contribution >= 4 is 29.0 Å². The van der Waals surface area contributed by atoms with Crippen LogP contribution in [-0.4, -0.2) is 29.9 Å². The topological polar surface area (TPSA) is 66.8 Å². The lowest BCUT2D eigenvalue weighted by atomic mass is 9.89. The number of rotatable bonds is 7. The Morgan fingerprint density at radius 1 is 1.22 bits per heavy atom. The van der Waals surface area contributed by atoms with Gasteiger partial charge in [-0.15, -0.1) is 0 Å². The standard InChI is InChI=1S/C21H22ClNO4/c1-14-5-3-6-18-19(14)23(20(25)21(18,26)13-15(2)24)11-4-12-27-17-9-7-16(22)8-10-17/h3,5-10,26H,4,11-13H2,1-2H3. The highest BCUT2D eigenvalue weighted by atomic mass is 35.5. The van der Waals surface area contributed by atoms with Gasteiger partial charge < -0.3 is 14.7 Å². The van der Waals surface area contributed by atoms with Crippen molar-refractivity contribution in [1.82, 2.24) is 0 Å². The quantitative estimate of drug-likeness (QED) is 0.737. The van der Waals surface area contributed by atoms with Gasteiger partial charge in [0, 0.05) is 23.6 Å². The summed E-state index contributed by atoms with van der Waals surface area (Å²) in [6, 6.07) is 12.5. The van der Waals surface area contributed by atoms with E-state index in [1.807, 2.05) is 13.0 Å². The molecule has 1 N–H and O–H groups in total. The van der Waals surface area contributed by atoms with Gasteiger partial charge in [-0.2, -0.15) is 0 Å². The molecule has 6 heteroatoms. The first-order chi connectivity index (χ1) is 12.8. The third-order valence-electron chi connectivity index (χ3n) is 4.67. The number of carbonyl (C=O) groups excluding carboxylic acids is 2. The first kappa shape index (κ1) is 19.4. The molecule has 1 amide bonds. The molecule has 142 valence electrons. The molecule has 1 aliphatic heterocycles. The van der Waals surface area contributed by atoms with E-state index in [4.69, 9.17) is 16.3 Å². The fraction of sp³-hybridized carbons (Fsp3) is 0.333. The van der Waals surface area contributed by atoms with Crippen LogP contribution in [0.25, 0.3) is 0 Å². The molecule has 0 aromatic heterocycles. The molecule has 3 rings (SSSR count). The molecule has 0 saturated heterocycles. The van der Waals surface area contributed by atoms with Crippen LogP contribution < -0.4 is 9.64 Å². The van der Waals surface area contributed by atoms with Crippen LogP contribution in [0.2, 0.25) is 5.02 Å². The number of amides is 1. The molecule has 0 radical (unpaired) electrons. The van der Waals surface area contributed by atoms with Gasteiger partial charge in [0.15, 0.2) is 5.60 Å². The van der Waals surface area contributed by atoms with E-state index in [2.05, 4.69) is 0 Å². The number of hydrogen-bond acceptors (Lipinski definition) is 4. The Hall–Kier alpha value is -2.37. The predicted octanol–water partition coefficient (Wildman–Crippen LogP) is 3.63. The molecule has 0 aliphatic carbocycles. The fourth-order valence-corrected chi connectivity index (χ4v) is 3.60. The molecule has 2 aromatic carbocycles. The number of carbonyl (C=O) groups is 2. The molecular formula is C21H22ClNO4. The van der Waals surface area contributed by atoms with Crippen molar-refractivity contribution in [3.63, 3.8) is 0 Å². The highest BCUT2D eigenvalue weighted by Gasteiger charge is 2.50. The summed E-state index contributed by atoms with van der Waals surface area (Å²) in [5.74, 6) is 0.0246. The Morgan fingerprint density at radius 3 is 2.59 bits per heavy atom. The van der Waals surface area contributed by atoms with Crippen LogP contribution in [0.5, 0.6) is 5.75 Å². The van der Waals surface area contributed by atoms with Gasteiger partial charge in [-0.3, -0.25) is 9.59 Å². The summed E-state index contributed by atoms with van der Waals surface area (Å²) in [6.45, 7) is 4.08.